The molecule has 1 unspecified atom stereocenters. The van der Waals surface area contributed by atoms with Gasteiger partial charge in [0, 0.05) is 29.9 Å². The summed E-state index contributed by atoms with van der Waals surface area (Å²) in [5.41, 5.74) is -0.122. The normalized spacial score (nSPS) is 45.3. The van der Waals surface area contributed by atoms with E-state index in [1.165, 1.54) is 0 Å². The van der Waals surface area contributed by atoms with E-state index in [0.717, 1.165) is 38.5 Å². The summed E-state index contributed by atoms with van der Waals surface area (Å²) >= 11 is 0. The molecule has 5 heteroatoms. The Hall–Kier alpha value is -0.683. The molecule has 0 radical (unpaired) electrons. The zero-order valence-electron chi connectivity index (χ0n) is 19.6. The van der Waals surface area contributed by atoms with Crippen LogP contribution in [0.1, 0.15) is 79.6 Å². The number of piperidine rings is 1. The number of amides is 1. The number of ketones is 1. The Morgan fingerprint density at radius 3 is 2.38 bits per heavy atom. The summed E-state index contributed by atoms with van der Waals surface area (Å²) in [7, 11) is -1.81. The lowest BCUT2D eigenvalue weighted by Gasteiger charge is -2.59. The van der Waals surface area contributed by atoms with E-state index in [9.17, 15) is 9.59 Å². The number of carbonyl (C=O) groups is 2. The van der Waals surface area contributed by atoms with Crippen LogP contribution in [-0.2, 0) is 14.0 Å². The van der Waals surface area contributed by atoms with Gasteiger partial charge in [0.15, 0.2) is 8.32 Å². The van der Waals surface area contributed by atoms with E-state index in [1.54, 1.807) is 0 Å². The topological polar surface area (TPSA) is 55.4 Å². The largest absolute Gasteiger partial charge is 0.414 e. The molecule has 0 bridgehead atoms. The maximum Gasteiger partial charge on any atom is 0.223 e. The van der Waals surface area contributed by atoms with Crippen LogP contribution in [0.3, 0.4) is 0 Å². The van der Waals surface area contributed by atoms with Gasteiger partial charge in [0.05, 0.1) is 0 Å². The summed E-state index contributed by atoms with van der Waals surface area (Å²) < 4.78 is 6.75. The number of hydrogen-bond donors (Lipinski definition) is 1. The molecule has 4 nitrogen and oxygen atoms in total. The molecule has 4 rings (SSSR count). The van der Waals surface area contributed by atoms with Crippen molar-refractivity contribution in [1.29, 1.82) is 0 Å². The Kier molecular flexibility index (Phi) is 4.94. The van der Waals surface area contributed by atoms with E-state index >= 15 is 0 Å². The van der Waals surface area contributed by atoms with E-state index in [2.05, 4.69) is 53.0 Å². The van der Waals surface area contributed by atoms with Gasteiger partial charge in [-0.25, -0.2) is 0 Å². The van der Waals surface area contributed by atoms with Crippen molar-refractivity contribution in [2.24, 2.45) is 28.6 Å². The average molecular weight is 420 g/mol. The molecule has 164 valence electrons. The van der Waals surface area contributed by atoms with Gasteiger partial charge in [0.2, 0.25) is 5.91 Å². The molecule has 4 fully saturated rings. The summed E-state index contributed by atoms with van der Waals surface area (Å²) in [5.74, 6) is 1.30. The van der Waals surface area contributed by atoms with Crippen molar-refractivity contribution in [2.75, 3.05) is 0 Å². The fraction of sp³-hybridized carbons (Fsp3) is 0.917. The molecule has 3 saturated carbocycles. The number of hydrogen-bond acceptors (Lipinski definition) is 3. The van der Waals surface area contributed by atoms with Crippen molar-refractivity contribution in [1.82, 2.24) is 5.32 Å². The van der Waals surface area contributed by atoms with Crippen molar-refractivity contribution >= 4 is 20.0 Å². The number of rotatable bonds is 2. The first-order valence-electron chi connectivity index (χ1n) is 11.8. The van der Waals surface area contributed by atoms with Gasteiger partial charge >= 0.3 is 0 Å². The Labute approximate surface area is 178 Å². The maximum absolute atomic E-state index is 13.3. The van der Waals surface area contributed by atoms with E-state index in [4.69, 9.17) is 4.43 Å². The lowest BCUT2D eigenvalue weighted by molar-refractivity contribution is -0.157. The lowest BCUT2D eigenvalue weighted by Crippen LogP contribution is -2.66. The quantitative estimate of drug-likeness (QED) is 0.635. The SMILES string of the molecule is CC(C)(C)[Si](C)(C)O[C@H]1CC[C@@]2(C)C(C1)NC(=O)[C@@H]1[C@@H]2CC[C@]2(C)C(=O)CC[C@@H]12. The van der Waals surface area contributed by atoms with E-state index in [1.807, 2.05) is 0 Å². The van der Waals surface area contributed by atoms with Crippen LogP contribution in [0.5, 0.6) is 0 Å². The smallest absolute Gasteiger partial charge is 0.223 e. The highest BCUT2D eigenvalue weighted by atomic mass is 28.4. The minimum atomic E-state index is -1.81. The zero-order chi connectivity index (χ0) is 21.4. The average Bonchev–Trinajstić information content (AvgIpc) is 2.90. The molecule has 29 heavy (non-hydrogen) atoms. The summed E-state index contributed by atoms with van der Waals surface area (Å²) in [4.78, 5) is 25.9. The first kappa shape index (κ1) is 21.5. The van der Waals surface area contributed by atoms with Crippen LogP contribution in [0.15, 0.2) is 0 Å². The number of fused-ring (bicyclic) bond motifs is 5. The van der Waals surface area contributed by atoms with E-state index in [0.29, 0.717) is 18.1 Å². The van der Waals surface area contributed by atoms with E-state index in [-0.39, 0.29) is 45.8 Å². The number of Topliss-reactive ketones (excluding diaryl/α,β-unsaturated/α-hetero) is 1. The van der Waals surface area contributed by atoms with Crippen molar-refractivity contribution in [3.8, 4) is 0 Å². The van der Waals surface area contributed by atoms with Gasteiger partial charge in [-0.05, 0) is 73.9 Å². The molecule has 0 aromatic heterocycles. The molecule has 4 aliphatic rings. The van der Waals surface area contributed by atoms with Crippen molar-refractivity contribution in [3.05, 3.63) is 0 Å². The van der Waals surface area contributed by atoms with Crippen molar-refractivity contribution < 1.29 is 14.0 Å². The summed E-state index contributed by atoms with van der Waals surface area (Å²) in [6, 6.07) is 0.209. The third kappa shape index (κ3) is 3.17. The van der Waals surface area contributed by atoms with Crippen molar-refractivity contribution in [3.63, 3.8) is 0 Å². The van der Waals surface area contributed by atoms with Gasteiger partial charge in [0.1, 0.15) is 5.78 Å². The molecule has 1 N–H and O–H groups in total. The minimum Gasteiger partial charge on any atom is -0.414 e. The van der Waals surface area contributed by atoms with Gasteiger partial charge in [-0.3, -0.25) is 9.59 Å². The highest BCUT2D eigenvalue weighted by Crippen LogP contribution is 2.61. The highest BCUT2D eigenvalue weighted by Gasteiger charge is 2.63. The monoisotopic (exact) mass is 419 g/mol. The summed E-state index contributed by atoms with van der Waals surface area (Å²) in [6.07, 6.45) is 6.98. The Morgan fingerprint density at radius 1 is 1.03 bits per heavy atom. The molecule has 1 amide bonds. The van der Waals surface area contributed by atoms with E-state index < -0.39 is 8.32 Å². The predicted octanol–water partition coefficient (Wildman–Crippen LogP) is 5.08. The molecule has 0 aromatic rings. The van der Waals surface area contributed by atoms with Crippen LogP contribution in [0.4, 0.5) is 0 Å². The zero-order valence-corrected chi connectivity index (χ0v) is 20.6. The summed E-state index contributed by atoms with van der Waals surface area (Å²) in [6.45, 7) is 16.1. The summed E-state index contributed by atoms with van der Waals surface area (Å²) in [5, 5.41) is 3.65. The molecule has 1 heterocycles. The fourth-order valence-corrected chi connectivity index (χ4v) is 8.35. The third-order valence-electron chi connectivity index (χ3n) is 10.0. The second-order valence-electron chi connectivity index (χ2n) is 12.5. The lowest BCUT2D eigenvalue weighted by atomic mass is 9.49. The van der Waals surface area contributed by atoms with Gasteiger partial charge < -0.3 is 9.74 Å². The Bertz CT molecular complexity index is 713. The van der Waals surface area contributed by atoms with Crippen molar-refractivity contribution in [2.45, 2.75) is 110 Å². The second kappa shape index (κ2) is 6.66. The van der Waals surface area contributed by atoms with Crippen LogP contribution >= 0.6 is 0 Å². The number of carbonyl (C=O) groups excluding carboxylic acids is 2. The number of nitrogens with one attached hydrogen (secondary N) is 1. The molecule has 3 aliphatic carbocycles. The van der Waals surface area contributed by atoms with Crippen LogP contribution in [0.25, 0.3) is 0 Å². The van der Waals surface area contributed by atoms with Crippen LogP contribution < -0.4 is 5.32 Å². The molecular weight excluding hydrogens is 378 g/mol. The predicted molar refractivity (Wildman–Crippen MR) is 118 cm³/mol. The maximum atomic E-state index is 13.3. The van der Waals surface area contributed by atoms with Crippen LogP contribution in [0, 0.1) is 28.6 Å². The Morgan fingerprint density at radius 2 is 1.72 bits per heavy atom. The van der Waals surface area contributed by atoms with Gasteiger partial charge in [0.25, 0.3) is 0 Å². The highest BCUT2D eigenvalue weighted by molar-refractivity contribution is 6.74. The molecule has 1 aliphatic heterocycles. The first-order chi connectivity index (χ1) is 13.3. The third-order valence-corrected chi connectivity index (χ3v) is 14.5. The second-order valence-corrected chi connectivity index (χ2v) is 17.3. The fourth-order valence-electron chi connectivity index (χ4n) is 6.95. The van der Waals surface area contributed by atoms with Gasteiger partial charge in [-0.1, -0.05) is 34.6 Å². The molecule has 1 saturated heterocycles. The molecule has 7 atom stereocenters. The first-order valence-corrected chi connectivity index (χ1v) is 14.7. The Balaban J connectivity index is 1.54. The molecular formula is C24H41NO3Si. The molecule has 0 aromatic carbocycles. The van der Waals surface area contributed by atoms with Gasteiger partial charge in [-0.2, -0.15) is 0 Å². The minimum absolute atomic E-state index is 0.0271. The van der Waals surface area contributed by atoms with Gasteiger partial charge in [-0.15, -0.1) is 0 Å². The standard InChI is InChI=1S/C24H41NO3Si/c1-22(2,3)29(6,7)28-15-10-12-23(4)17-11-13-24(5)16(8-9-19(24)26)20(17)21(27)25-18(23)14-15/h15-18,20H,8-14H2,1-7H3,(H,25,27)/t15-,16-,17-,18?,20-,23+,24-/m0/s1. The molecule has 0 spiro atoms. The van der Waals surface area contributed by atoms with Crippen LogP contribution in [-0.4, -0.2) is 32.2 Å². The van der Waals surface area contributed by atoms with Crippen LogP contribution in [0.2, 0.25) is 18.1 Å².